The van der Waals surface area contributed by atoms with Crippen LogP contribution < -0.4 is 15.4 Å². The van der Waals surface area contributed by atoms with Crippen molar-refractivity contribution in [2.45, 2.75) is 30.8 Å². The second-order valence-electron chi connectivity index (χ2n) is 6.43. The molecule has 1 amide bonds. The second-order valence-corrected chi connectivity index (χ2v) is 6.43. The Morgan fingerprint density at radius 2 is 2.12 bits per heavy atom. The molecule has 2 N–H and O–H groups in total. The summed E-state index contributed by atoms with van der Waals surface area (Å²) in [4.78, 5) is 13.3. The maximum absolute atomic E-state index is 13.3. The Labute approximate surface area is 141 Å². The number of amides is 1. The van der Waals surface area contributed by atoms with Crippen LogP contribution in [0.1, 0.15) is 30.9 Å². The van der Waals surface area contributed by atoms with E-state index in [0.717, 1.165) is 43.7 Å². The van der Waals surface area contributed by atoms with Crippen LogP contribution in [0.5, 0.6) is 5.75 Å². The van der Waals surface area contributed by atoms with Crippen molar-refractivity contribution in [3.8, 4) is 5.75 Å². The molecule has 0 radical (unpaired) electrons. The molecule has 1 unspecified atom stereocenters. The van der Waals surface area contributed by atoms with Crippen LogP contribution >= 0.6 is 0 Å². The van der Waals surface area contributed by atoms with Gasteiger partial charge < -0.3 is 15.4 Å². The Kier molecular flexibility index (Phi) is 3.98. The first-order valence-electron chi connectivity index (χ1n) is 8.53. The highest BCUT2D eigenvalue weighted by molar-refractivity contribution is 5.85. The number of nitrogens with one attached hydrogen (secondary N) is 2. The number of ether oxygens (including phenoxy) is 1. The molecule has 1 fully saturated rings. The zero-order valence-electron chi connectivity index (χ0n) is 13.6. The minimum absolute atomic E-state index is 0.00947. The van der Waals surface area contributed by atoms with E-state index in [0.29, 0.717) is 6.61 Å². The number of hydrogen-bond acceptors (Lipinski definition) is 4. The molecule has 2 aromatic rings. The summed E-state index contributed by atoms with van der Waals surface area (Å²) in [6.07, 6.45) is 5.90. The van der Waals surface area contributed by atoms with Gasteiger partial charge in [-0.05, 0) is 38.1 Å². The maximum Gasteiger partial charge on any atom is 0.248 e. The van der Waals surface area contributed by atoms with E-state index in [-0.39, 0.29) is 11.9 Å². The standard InChI is InChI=1S/C18H22N4O2/c23-17(18(7-10-19-11-8-18)22-12-3-9-20-22)21-15-6-13-24-16-5-2-1-4-14(15)16/h1-5,9,12,15,19H,6-8,10-11,13H2,(H,21,23). The van der Waals surface area contributed by atoms with Gasteiger partial charge >= 0.3 is 0 Å². The zero-order chi connectivity index (χ0) is 16.4. The number of carbonyl (C=O) groups is 1. The van der Waals surface area contributed by atoms with Gasteiger partial charge in [-0.15, -0.1) is 0 Å². The maximum atomic E-state index is 13.3. The minimum Gasteiger partial charge on any atom is -0.493 e. The van der Waals surface area contributed by atoms with Gasteiger partial charge in [0, 0.05) is 24.4 Å². The van der Waals surface area contributed by atoms with E-state index in [9.17, 15) is 4.79 Å². The van der Waals surface area contributed by atoms with Crippen LogP contribution in [0.25, 0.3) is 0 Å². The van der Waals surface area contributed by atoms with Crippen LogP contribution in [0, 0.1) is 0 Å². The predicted molar refractivity (Wildman–Crippen MR) is 89.7 cm³/mol. The summed E-state index contributed by atoms with van der Waals surface area (Å²) >= 11 is 0. The number of nitrogens with zero attached hydrogens (tertiary/aromatic N) is 2. The van der Waals surface area contributed by atoms with Crippen molar-refractivity contribution in [1.29, 1.82) is 0 Å². The van der Waals surface area contributed by atoms with E-state index in [1.54, 1.807) is 6.20 Å². The van der Waals surface area contributed by atoms with Gasteiger partial charge in [0.25, 0.3) is 0 Å². The largest absolute Gasteiger partial charge is 0.493 e. The number of aromatic nitrogens is 2. The first-order valence-corrected chi connectivity index (χ1v) is 8.53. The van der Waals surface area contributed by atoms with Crippen molar-refractivity contribution in [2.75, 3.05) is 19.7 Å². The first kappa shape index (κ1) is 15.2. The van der Waals surface area contributed by atoms with E-state index < -0.39 is 5.54 Å². The molecular formula is C18H22N4O2. The number of para-hydroxylation sites is 1. The average molecular weight is 326 g/mol. The summed E-state index contributed by atoms with van der Waals surface area (Å²) in [6.45, 7) is 2.26. The Bertz CT molecular complexity index is 708. The molecule has 1 atom stereocenters. The molecule has 3 heterocycles. The molecule has 2 aliphatic rings. The number of piperidine rings is 1. The lowest BCUT2D eigenvalue weighted by Crippen LogP contribution is -2.55. The summed E-state index contributed by atoms with van der Waals surface area (Å²) in [6, 6.07) is 9.80. The van der Waals surface area contributed by atoms with Crippen LogP contribution in [0.2, 0.25) is 0 Å². The summed E-state index contributed by atoms with van der Waals surface area (Å²) < 4.78 is 7.53. The molecule has 0 spiro atoms. The van der Waals surface area contributed by atoms with Crippen LogP contribution in [-0.4, -0.2) is 35.4 Å². The van der Waals surface area contributed by atoms with Crippen molar-refractivity contribution >= 4 is 5.91 Å². The molecule has 2 aliphatic heterocycles. The Morgan fingerprint density at radius 1 is 1.29 bits per heavy atom. The quantitative estimate of drug-likeness (QED) is 0.899. The van der Waals surface area contributed by atoms with Gasteiger partial charge in [-0.3, -0.25) is 9.48 Å². The number of fused-ring (bicyclic) bond motifs is 1. The average Bonchev–Trinajstić information content (AvgIpc) is 3.18. The van der Waals surface area contributed by atoms with Crippen LogP contribution in [0.3, 0.4) is 0 Å². The highest BCUT2D eigenvalue weighted by Gasteiger charge is 2.43. The van der Waals surface area contributed by atoms with Crippen molar-refractivity contribution in [3.05, 3.63) is 48.3 Å². The third-order valence-electron chi connectivity index (χ3n) is 5.06. The van der Waals surface area contributed by atoms with Crippen molar-refractivity contribution < 1.29 is 9.53 Å². The monoisotopic (exact) mass is 326 g/mol. The highest BCUT2D eigenvalue weighted by atomic mass is 16.5. The minimum atomic E-state index is -0.609. The molecule has 126 valence electrons. The molecule has 1 aromatic heterocycles. The fourth-order valence-electron chi connectivity index (χ4n) is 3.71. The van der Waals surface area contributed by atoms with Gasteiger partial charge in [0.05, 0.1) is 12.6 Å². The molecule has 6 heteroatoms. The highest BCUT2D eigenvalue weighted by Crippen LogP contribution is 2.34. The van der Waals surface area contributed by atoms with Crippen LogP contribution in [0.4, 0.5) is 0 Å². The number of rotatable bonds is 3. The molecule has 1 aromatic carbocycles. The summed E-state index contributed by atoms with van der Waals surface area (Å²) in [5, 5.41) is 11.0. The van der Waals surface area contributed by atoms with Crippen LogP contribution in [-0.2, 0) is 10.3 Å². The lowest BCUT2D eigenvalue weighted by molar-refractivity contribution is -0.133. The van der Waals surface area contributed by atoms with E-state index >= 15 is 0 Å². The molecule has 0 bridgehead atoms. The van der Waals surface area contributed by atoms with Crippen molar-refractivity contribution in [3.63, 3.8) is 0 Å². The van der Waals surface area contributed by atoms with Crippen LogP contribution in [0.15, 0.2) is 42.7 Å². The predicted octanol–water partition coefficient (Wildman–Crippen LogP) is 1.60. The first-order chi connectivity index (χ1) is 11.8. The number of benzene rings is 1. The fourth-order valence-corrected chi connectivity index (χ4v) is 3.71. The smallest absolute Gasteiger partial charge is 0.248 e. The summed E-state index contributed by atoms with van der Waals surface area (Å²) in [7, 11) is 0. The number of carbonyl (C=O) groups excluding carboxylic acids is 1. The lowest BCUT2D eigenvalue weighted by atomic mass is 9.86. The van der Waals surface area contributed by atoms with Gasteiger partial charge in [0.15, 0.2) is 0 Å². The topological polar surface area (TPSA) is 68.2 Å². The molecular weight excluding hydrogens is 304 g/mol. The Balaban J connectivity index is 1.61. The van der Waals surface area contributed by atoms with Gasteiger partial charge in [-0.2, -0.15) is 5.10 Å². The molecule has 24 heavy (non-hydrogen) atoms. The van der Waals surface area contributed by atoms with Crippen molar-refractivity contribution in [2.24, 2.45) is 0 Å². The summed E-state index contributed by atoms with van der Waals surface area (Å²) in [5.41, 5.74) is 0.448. The van der Waals surface area contributed by atoms with Gasteiger partial charge in [0.2, 0.25) is 5.91 Å². The normalized spacial score (nSPS) is 22.2. The van der Waals surface area contributed by atoms with Gasteiger partial charge in [0.1, 0.15) is 11.3 Å². The molecule has 0 aliphatic carbocycles. The second kappa shape index (κ2) is 6.28. The number of hydrogen-bond donors (Lipinski definition) is 2. The lowest BCUT2D eigenvalue weighted by Gasteiger charge is -2.38. The summed E-state index contributed by atoms with van der Waals surface area (Å²) in [5.74, 6) is 0.918. The Morgan fingerprint density at radius 3 is 2.92 bits per heavy atom. The van der Waals surface area contributed by atoms with Gasteiger partial charge in [-0.25, -0.2) is 0 Å². The Hall–Kier alpha value is -2.34. The fraction of sp³-hybridized carbons (Fsp3) is 0.444. The molecule has 4 rings (SSSR count). The van der Waals surface area contributed by atoms with E-state index in [1.165, 1.54) is 0 Å². The van der Waals surface area contributed by atoms with E-state index in [1.807, 2.05) is 41.2 Å². The van der Waals surface area contributed by atoms with Gasteiger partial charge in [-0.1, -0.05) is 18.2 Å². The third-order valence-corrected chi connectivity index (χ3v) is 5.06. The van der Waals surface area contributed by atoms with E-state index in [2.05, 4.69) is 15.7 Å². The zero-order valence-corrected chi connectivity index (χ0v) is 13.6. The van der Waals surface area contributed by atoms with Crippen molar-refractivity contribution in [1.82, 2.24) is 20.4 Å². The third kappa shape index (κ3) is 2.57. The van der Waals surface area contributed by atoms with E-state index in [4.69, 9.17) is 4.74 Å². The molecule has 0 saturated carbocycles. The molecule has 6 nitrogen and oxygen atoms in total. The SMILES string of the molecule is O=C(NC1CCOc2ccccc21)C1(n2cccn2)CCNCC1. The molecule has 1 saturated heterocycles.